The average molecular weight is 246 g/mol. The van der Waals surface area contributed by atoms with Gasteiger partial charge in [-0.15, -0.1) is 11.3 Å². The van der Waals surface area contributed by atoms with Crippen molar-refractivity contribution in [3.05, 3.63) is 28.7 Å². The second-order valence-electron chi connectivity index (χ2n) is 4.79. The molecular formula is C13H14N2OS. The molecule has 0 radical (unpaired) electrons. The summed E-state index contributed by atoms with van der Waals surface area (Å²) in [5.41, 5.74) is 1.78. The Bertz CT molecular complexity index is 534. The van der Waals surface area contributed by atoms with E-state index in [9.17, 15) is 10.1 Å². The van der Waals surface area contributed by atoms with E-state index in [1.54, 1.807) is 0 Å². The summed E-state index contributed by atoms with van der Waals surface area (Å²) in [6, 6.07) is 2.22. The van der Waals surface area contributed by atoms with Gasteiger partial charge in [-0.05, 0) is 29.9 Å². The molecule has 1 amide bonds. The molecule has 2 rings (SSSR count). The third kappa shape index (κ3) is 1.87. The fraction of sp³-hybridized carbons (Fsp3) is 0.385. The number of hydrogen-bond acceptors (Lipinski definition) is 3. The number of fused-ring (bicyclic) bond motifs is 1. The maximum atomic E-state index is 11.3. The highest BCUT2D eigenvalue weighted by Gasteiger charge is 2.36. The minimum absolute atomic E-state index is 0.0358. The zero-order chi connectivity index (χ0) is 12.6. The quantitative estimate of drug-likeness (QED) is 0.816. The van der Waals surface area contributed by atoms with Crippen molar-refractivity contribution < 1.29 is 4.79 Å². The van der Waals surface area contributed by atoms with Crippen molar-refractivity contribution in [2.75, 3.05) is 5.32 Å². The lowest BCUT2D eigenvalue weighted by atomic mass is 9.85. The van der Waals surface area contributed by atoms with E-state index in [4.69, 9.17) is 0 Å². The van der Waals surface area contributed by atoms with Crippen LogP contribution in [0.3, 0.4) is 0 Å². The number of nitrogens with zero attached hydrogens (tertiary/aromatic N) is 1. The normalized spacial score (nSPS) is 16.1. The SMILES string of the molecule is C=CC(=O)Nc1sc2c(c1C#N)C(C)(C)CC2. The van der Waals surface area contributed by atoms with E-state index in [1.165, 1.54) is 22.3 Å². The molecule has 0 spiro atoms. The Hall–Kier alpha value is -1.60. The summed E-state index contributed by atoms with van der Waals surface area (Å²) in [5, 5.41) is 12.6. The molecule has 17 heavy (non-hydrogen) atoms. The molecule has 1 heterocycles. The molecule has 0 aromatic carbocycles. The minimum atomic E-state index is -0.265. The van der Waals surface area contributed by atoms with E-state index in [-0.39, 0.29) is 11.3 Å². The predicted octanol–water partition coefficient (Wildman–Crippen LogP) is 2.97. The Kier molecular flexibility index (Phi) is 2.80. The first-order chi connectivity index (χ1) is 7.99. The van der Waals surface area contributed by atoms with Crippen LogP contribution in [-0.2, 0) is 16.6 Å². The lowest BCUT2D eigenvalue weighted by Crippen LogP contribution is -2.14. The number of carbonyl (C=O) groups is 1. The van der Waals surface area contributed by atoms with Gasteiger partial charge in [0.25, 0.3) is 0 Å². The van der Waals surface area contributed by atoms with E-state index >= 15 is 0 Å². The van der Waals surface area contributed by atoms with Gasteiger partial charge in [0, 0.05) is 4.88 Å². The highest BCUT2D eigenvalue weighted by molar-refractivity contribution is 7.16. The van der Waals surface area contributed by atoms with Crippen LogP contribution in [0, 0.1) is 11.3 Å². The Morgan fingerprint density at radius 3 is 2.94 bits per heavy atom. The van der Waals surface area contributed by atoms with Crippen molar-refractivity contribution in [3.8, 4) is 6.07 Å². The standard InChI is InChI=1S/C13H14N2OS/c1-4-10(16)15-12-8(7-14)11-9(17-12)5-6-13(11,2)3/h4H,1,5-6H2,2-3H3,(H,15,16). The number of thiophene rings is 1. The highest BCUT2D eigenvalue weighted by Crippen LogP contribution is 2.47. The van der Waals surface area contributed by atoms with Gasteiger partial charge in [0.15, 0.2) is 0 Å². The Morgan fingerprint density at radius 1 is 1.65 bits per heavy atom. The van der Waals surface area contributed by atoms with Crippen LogP contribution in [-0.4, -0.2) is 5.91 Å². The topological polar surface area (TPSA) is 52.9 Å². The molecule has 1 N–H and O–H groups in total. The number of amides is 1. The van der Waals surface area contributed by atoms with Crippen molar-refractivity contribution in [1.29, 1.82) is 5.26 Å². The molecule has 0 fully saturated rings. The van der Waals surface area contributed by atoms with Crippen molar-refractivity contribution in [3.63, 3.8) is 0 Å². The Balaban J connectivity index is 2.49. The fourth-order valence-corrected chi connectivity index (χ4v) is 3.61. The van der Waals surface area contributed by atoms with E-state index in [1.807, 2.05) is 0 Å². The van der Waals surface area contributed by atoms with Crippen molar-refractivity contribution in [2.45, 2.75) is 32.1 Å². The van der Waals surface area contributed by atoms with Crippen molar-refractivity contribution >= 4 is 22.2 Å². The van der Waals surface area contributed by atoms with Crippen LogP contribution in [0.2, 0.25) is 0 Å². The molecule has 0 bridgehead atoms. The molecule has 1 aromatic heterocycles. The molecule has 88 valence electrons. The van der Waals surface area contributed by atoms with Gasteiger partial charge in [-0.1, -0.05) is 20.4 Å². The fourth-order valence-electron chi connectivity index (χ4n) is 2.28. The van der Waals surface area contributed by atoms with Crippen LogP contribution in [0.1, 0.15) is 36.3 Å². The molecule has 1 aliphatic rings. The van der Waals surface area contributed by atoms with Gasteiger partial charge in [-0.3, -0.25) is 4.79 Å². The van der Waals surface area contributed by atoms with Crippen LogP contribution in [0.4, 0.5) is 5.00 Å². The lowest BCUT2D eigenvalue weighted by Gasteiger charge is -2.18. The molecule has 4 heteroatoms. The number of hydrogen-bond donors (Lipinski definition) is 1. The maximum absolute atomic E-state index is 11.3. The molecular weight excluding hydrogens is 232 g/mol. The zero-order valence-electron chi connectivity index (χ0n) is 9.96. The molecule has 0 atom stereocenters. The molecule has 0 aliphatic heterocycles. The average Bonchev–Trinajstić information content (AvgIpc) is 2.77. The minimum Gasteiger partial charge on any atom is -0.313 e. The number of nitriles is 1. The third-order valence-electron chi connectivity index (χ3n) is 3.17. The van der Waals surface area contributed by atoms with Crippen LogP contribution in [0.15, 0.2) is 12.7 Å². The summed E-state index contributed by atoms with van der Waals surface area (Å²) in [7, 11) is 0. The monoisotopic (exact) mass is 246 g/mol. The number of carbonyl (C=O) groups excluding carboxylic acids is 1. The van der Waals surface area contributed by atoms with Gasteiger partial charge in [-0.2, -0.15) is 5.26 Å². The van der Waals surface area contributed by atoms with E-state index in [2.05, 4.69) is 31.8 Å². The van der Waals surface area contributed by atoms with Crippen LogP contribution >= 0.6 is 11.3 Å². The van der Waals surface area contributed by atoms with E-state index < -0.39 is 0 Å². The maximum Gasteiger partial charge on any atom is 0.248 e. The first-order valence-corrected chi connectivity index (χ1v) is 6.31. The first kappa shape index (κ1) is 11.9. The Labute approximate surface area is 105 Å². The summed E-state index contributed by atoms with van der Waals surface area (Å²) in [6.45, 7) is 7.70. The number of anilines is 1. The molecule has 1 aliphatic carbocycles. The summed E-state index contributed by atoms with van der Waals surface area (Å²) < 4.78 is 0. The second kappa shape index (κ2) is 4.01. The summed E-state index contributed by atoms with van der Waals surface area (Å²) in [4.78, 5) is 12.5. The van der Waals surface area contributed by atoms with Gasteiger partial charge in [0.1, 0.15) is 11.1 Å². The van der Waals surface area contributed by atoms with E-state index in [0.29, 0.717) is 10.6 Å². The second-order valence-corrected chi connectivity index (χ2v) is 5.90. The number of rotatable bonds is 2. The molecule has 0 unspecified atom stereocenters. The highest BCUT2D eigenvalue weighted by atomic mass is 32.1. The first-order valence-electron chi connectivity index (χ1n) is 5.49. The van der Waals surface area contributed by atoms with Crippen LogP contribution < -0.4 is 5.32 Å². The van der Waals surface area contributed by atoms with Crippen molar-refractivity contribution in [1.82, 2.24) is 0 Å². The third-order valence-corrected chi connectivity index (χ3v) is 4.33. The largest absolute Gasteiger partial charge is 0.313 e. The number of aryl methyl sites for hydroxylation is 1. The van der Waals surface area contributed by atoms with E-state index in [0.717, 1.165) is 18.4 Å². The van der Waals surface area contributed by atoms with Crippen molar-refractivity contribution in [2.24, 2.45) is 0 Å². The summed E-state index contributed by atoms with van der Waals surface area (Å²) in [6.07, 6.45) is 3.28. The summed E-state index contributed by atoms with van der Waals surface area (Å²) >= 11 is 1.52. The molecule has 0 saturated heterocycles. The summed E-state index contributed by atoms with van der Waals surface area (Å²) in [5.74, 6) is -0.265. The van der Waals surface area contributed by atoms with Crippen LogP contribution in [0.25, 0.3) is 0 Å². The molecule has 0 saturated carbocycles. The van der Waals surface area contributed by atoms with Gasteiger partial charge in [0.2, 0.25) is 5.91 Å². The zero-order valence-corrected chi connectivity index (χ0v) is 10.8. The van der Waals surface area contributed by atoms with Gasteiger partial charge >= 0.3 is 0 Å². The Morgan fingerprint density at radius 2 is 2.35 bits per heavy atom. The lowest BCUT2D eigenvalue weighted by molar-refractivity contribution is -0.111. The number of nitrogens with one attached hydrogen (secondary N) is 1. The smallest absolute Gasteiger partial charge is 0.248 e. The van der Waals surface area contributed by atoms with Gasteiger partial charge in [-0.25, -0.2) is 0 Å². The van der Waals surface area contributed by atoms with Crippen LogP contribution in [0.5, 0.6) is 0 Å². The predicted molar refractivity (Wildman–Crippen MR) is 69.2 cm³/mol. The molecule has 3 nitrogen and oxygen atoms in total. The van der Waals surface area contributed by atoms with Gasteiger partial charge < -0.3 is 5.32 Å². The molecule has 1 aromatic rings. The van der Waals surface area contributed by atoms with Gasteiger partial charge in [0.05, 0.1) is 5.56 Å².